The molecular weight excluding hydrogens is 321 g/mol. The minimum atomic E-state index is -1.15. The van der Waals surface area contributed by atoms with Crippen molar-refractivity contribution in [2.75, 3.05) is 5.32 Å². The van der Waals surface area contributed by atoms with Gasteiger partial charge < -0.3 is 10.6 Å². The number of anilines is 1. The van der Waals surface area contributed by atoms with Crippen LogP contribution in [0.1, 0.15) is 24.0 Å². The Balaban J connectivity index is 1.67. The number of hydrogen-bond donors (Lipinski definition) is 2. The van der Waals surface area contributed by atoms with Crippen LogP contribution < -0.4 is 10.6 Å². The molecule has 2 amide bonds. The molecule has 2 aromatic carbocycles. The van der Waals surface area contributed by atoms with Crippen molar-refractivity contribution in [1.29, 1.82) is 5.26 Å². The Morgan fingerprint density at radius 3 is 2.44 bits per heavy atom. The Labute approximate surface area is 144 Å². The molecule has 0 radical (unpaired) electrons. The molecule has 1 fully saturated rings. The number of amides is 2. The van der Waals surface area contributed by atoms with E-state index in [1.165, 1.54) is 6.07 Å². The van der Waals surface area contributed by atoms with Crippen molar-refractivity contribution in [3.05, 3.63) is 65.5 Å². The largest absolute Gasteiger partial charge is 0.351 e. The summed E-state index contributed by atoms with van der Waals surface area (Å²) in [5.74, 6) is -1.27. The highest BCUT2D eigenvalue weighted by atomic mass is 19.1. The molecule has 0 spiro atoms. The van der Waals surface area contributed by atoms with E-state index in [-0.39, 0.29) is 6.54 Å². The fourth-order valence-electron chi connectivity index (χ4n) is 2.60. The van der Waals surface area contributed by atoms with E-state index in [0.29, 0.717) is 29.7 Å². The molecular formula is C19H16FN3O2. The Kier molecular flexibility index (Phi) is 4.48. The average molecular weight is 337 g/mol. The Morgan fingerprint density at radius 1 is 1.08 bits per heavy atom. The van der Waals surface area contributed by atoms with Gasteiger partial charge in [0, 0.05) is 12.1 Å². The second kappa shape index (κ2) is 6.73. The first-order chi connectivity index (χ1) is 12.1. The van der Waals surface area contributed by atoms with Gasteiger partial charge in [0.05, 0.1) is 11.3 Å². The van der Waals surface area contributed by atoms with Crippen LogP contribution in [0.2, 0.25) is 0 Å². The zero-order valence-electron chi connectivity index (χ0n) is 13.4. The summed E-state index contributed by atoms with van der Waals surface area (Å²) in [6.45, 7) is 0.0231. The van der Waals surface area contributed by atoms with Crippen LogP contribution in [-0.4, -0.2) is 11.8 Å². The fraction of sp³-hybridized carbons (Fsp3) is 0.211. The molecule has 0 unspecified atom stereocenters. The zero-order valence-corrected chi connectivity index (χ0v) is 13.4. The number of carbonyl (C=O) groups excluding carboxylic acids is 2. The maximum Gasteiger partial charge on any atom is 0.240 e. The van der Waals surface area contributed by atoms with Gasteiger partial charge in [0.25, 0.3) is 0 Å². The van der Waals surface area contributed by atoms with Crippen LogP contribution in [0.4, 0.5) is 10.1 Å². The third-order valence-corrected chi connectivity index (χ3v) is 4.31. The fourth-order valence-corrected chi connectivity index (χ4v) is 2.60. The predicted octanol–water partition coefficient (Wildman–Crippen LogP) is 2.73. The van der Waals surface area contributed by atoms with E-state index in [9.17, 15) is 14.0 Å². The lowest BCUT2D eigenvalue weighted by Crippen LogP contribution is -2.39. The minimum absolute atomic E-state index is 0.0231. The third kappa shape index (κ3) is 3.36. The van der Waals surface area contributed by atoms with Crippen LogP contribution in [0.25, 0.3) is 0 Å². The second-order valence-corrected chi connectivity index (χ2v) is 5.97. The quantitative estimate of drug-likeness (QED) is 0.823. The topological polar surface area (TPSA) is 82.0 Å². The first-order valence-corrected chi connectivity index (χ1v) is 7.89. The van der Waals surface area contributed by atoms with E-state index in [0.717, 1.165) is 0 Å². The molecule has 126 valence electrons. The summed E-state index contributed by atoms with van der Waals surface area (Å²) >= 11 is 0. The molecule has 2 N–H and O–H groups in total. The number of benzene rings is 2. The Hall–Kier alpha value is -3.20. The van der Waals surface area contributed by atoms with Crippen LogP contribution in [0, 0.1) is 22.6 Å². The molecule has 2 aromatic rings. The predicted molar refractivity (Wildman–Crippen MR) is 89.7 cm³/mol. The maximum absolute atomic E-state index is 13.6. The van der Waals surface area contributed by atoms with Crippen molar-refractivity contribution in [1.82, 2.24) is 5.32 Å². The average Bonchev–Trinajstić information content (AvgIpc) is 3.43. The van der Waals surface area contributed by atoms with Crippen molar-refractivity contribution < 1.29 is 14.0 Å². The van der Waals surface area contributed by atoms with Crippen LogP contribution >= 0.6 is 0 Å². The molecule has 0 aromatic heterocycles. The Morgan fingerprint density at radius 2 is 1.76 bits per heavy atom. The van der Waals surface area contributed by atoms with Crippen molar-refractivity contribution in [2.45, 2.75) is 19.4 Å². The van der Waals surface area contributed by atoms with Gasteiger partial charge in [-0.05, 0) is 31.0 Å². The van der Waals surface area contributed by atoms with Crippen molar-refractivity contribution in [3.8, 4) is 6.07 Å². The number of nitriles is 1. The van der Waals surface area contributed by atoms with Gasteiger partial charge in [-0.1, -0.05) is 30.3 Å². The molecule has 3 rings (SSSR count). The maximum atomic E-state index is 13.6. The lowest BCUT2D eigenvalue weighted by molar-refractivity contribution is -0.134. The van der Waals surface area contributed by atoms with Crippen LogP contribution in [0.15, 0.2) is 48.5 Å². The highest BCUT2D eigenvalue weighted by Crippen LogP contribution is 2.47. The molecule has 5 nitrogen and oxygen atoms in total. The normalized spacial score (nSPS) is 14.2. The first kappa shape index (κ1) is 16.7. The van der Waals surface area contributed by atoms with Crippen LogP contribution in [0.5, 0.6) is 0 Å². The number of rotatable bonds is 5. The molecule has 0 heterocycles. The minimum Gasteiger partial charge on any atom is -0.351 e. The third-order valence-electron chi connectivity index (χ3n) is 4.31. The molecule has 0 aliphatic heterocycles. The lowest BCUT2D eigenvalue weighted by Gasteiger charge is -2.16. The monoisotopic (exact) mass is 337 g/mol. The van der Waals surface area contributed by atoms with Gasteiger partial charge in [0.1, 0.15) is 17.3 Å². The lowest BCUT2D eigenvalue weighted by atomic mass is 10.0. The number of halogens is 1. The van der Waals surface area contributed by atoms with E-state index in [1.54, 1.807) is 42.5 Å². The molecule has 1 aliphatic rings. The summed E-state index contributed by atoms with van der Waals surface area (Å²) in [6, 6.07) is 14.8. The molecule has 0 saturated heterocycles. The van der Waals surface area contributed by atoms with Crippen molar-refractivity contribution in [3.63, 3.8) is 0 Å². The number of carbonyl (C=O) groups is 2. The van der Waals surface area contributed by atoms with Gasteiger partial charge in [-0.3, -0.25) is 9.59 Å². The Bertz CT molecular complexity index is 869. The molecule has 0 atom stereocenters. The highest BCUT2D eigenvalue weighted by Gasteiger charge is 2.56. The first-order valence-electron chi connectivity index (χ1n) is 7.89. The number of nitrogens with zero attached hydrogens (tertiary/aromatic N) is 1. The van der Waals surface area contributed by atoms with Crippen molar-refractivity contribution in [2.24, 2.45) is 5.41 Å². The summed E-state index contributed by atoms with van der Waals surface area (Å²) in [7, 11) is 0. The summed E-state index contributed by atoms with van der Waals surface area (Å²) in [5.41, 5.74) is -0.0724. The number of hydrogen-bond acceptors (Lipinski definition) is 3. The van der Waals surface area contributed by atoms with Gasteiger partial charge in [-0.25, -0.2) is 4.39 Å². The second-order valence-electron chi connectivity index (χ2n) is 5.97. The van der Waals surface area contributed by atoms with E-state index in [4.69, 9.17) is 5.26 Å². The number of nitrogens with one attached hydrogen (secondary N) is 2. The summed E-state index contributed by atoms with van der Waals surface area (Å²) in [5, 5.41) is 14.4. The summed E-state index contributed by atoms with van der Waals surface area (Å²) < 4.78 is 13.6. The molecule has 6 heteroatoms. The number of para-hydroxylation sites is 1. The molecule has 1 saturated carbocycles. The summed E-state index contributed by atoms with van der Waals surface area (Å²) in [6.07, 6.45) is 0.854. The van der Waals surface area contributed by atoms with Crippen LogP contribution in [0.3, 0.4) is 0 Å². The standard InChI is InChI=1S/C19H16FN3O2/c20-15-7-3-1-6-14(15)12-22-17(24)19(9-10-19)18(25)23-16-8-4-2-5-13(16)11-21/h1-8H,9-10,12H2,(H,22,24)(H,23,25). The van der Waals surface area contributed by atoms with Gasteiger partial charge in [-0.2, -0.15) is 5.26 Å². The van der Waals surface area contributed by atoms with E-state index in [2.05, 4.69) is 10.6 Å². The van der Waals surface area contributed by atoms with Gasteiger partial charge in [-0.15, -0.1) is 0 Å². The molecule has 0 bridgehead atoms. The smallest absolute Gasteiger partial charge is 0.240 e. The van der Waals surface area contributed by atoms with E-state index < -0.39 is 23.0 Å². The molecule has 1 aliphatic carbocycles. The molecule has 25 heavy (non-hydrogen) atoms. The van der Waals surface area contributed by atoms with Gasteiger partial charge in [0.2, 0.25) is 11.8 Å². The highest BCUT2D eigenvalue weighted by molar-refractivity contribution is 6.13. The van der Waals surface area contributed by atoms with Crippen LogP contribution in [-0.2, 0) is 16.1 Å². The van der Waals surface area contributed by atoms with E-state index in [1.807, 2.05) is 6.07 Å². The summed E-state index contributed by atoms with van der Waals surface area (Å²) in [4.78, 5) is 25.0. The zero-order chi connectivity index (χ0) is 17.9. The van der Waals surface area contributed by atoms with E-state index >= 15 is 0 Å². The SMILES string of the molecule is N#Cc1ccccc1NC(=O)C1(C(=O)NCc2ccccc2F)CC1. The van der Waals surface area contributed by atoms with Gasteiger partial charge in [0.15, 0.2) is 0 Å². The van der Waals surface area contributed by atoms with Crippen molar-refractivity contribution >= 4 is 17.5 Å². The van der Waals surface area contributed by atoms with Gasteiger partial charge >= 0.3 is 0 Å².